The fourth-order valence-corrected chi connectivity index (χ4v) is 3.60. The normalized spacial score (nSPS) is 11.6. The molecular formula is C27H30N2O2. The number of aryl methyl sites for hydroxylation is 1. The van der Waals surface area contributed by atoms with Gasteiger partial charge in [0.05, 0.1) is 19.0 Å². The van der Waals surface area contributed by atoms with Crippen LogP contribution in [0, 0.1) is 6.92 Å². The van der Waals surface area contributed by atoms with E-state index in [1.165, 1.54) is 5.56 Å². The summed E-state index contributed by atoms with van der Waals surface area (Å²) in [6.45, 7) is 6.44. The van der Waals surface area contributed by atoms with Crippen LogP contribution in [0.3, 0.4) is 0 Å². The van der Waals surface area contributed by atoms with Crippen LogP contribution >= 0.6 is 0 Å². The van der Waals surface area contributed by atoms with E-state index in [0.29, 0.717) is 19.4 Å². The van der Waals surface area contributed by atoms with Gasteiger partial charge in [0, 0.05) is 12.1 Å². The van der Waals surface area contributed by atoms with Crippen LogP contribution in [-0.4, -0.2) is 11.8 Å². The van der Waals surface area contributed by atoms with Crippen molar-refractivity contribution in [2.24, 2.45) is 0 Å². The van der Waals surface area contributed by atoms with Crippen LogP contribution in [0.15, 0.2) is 78.9 Å². The predicted octanol–water partition coefficient (Wildman–Crippen LogP) is 5.36. The zero-order valence-corrected chi connectivity index (χ0v) is 18.5. The van der Waals surface area contributed by atoms with Gasteiger partial charge < -0.3 is 10.2 Å². The average Bonchev–Trinajstić information content (AvgIpc) is 2.78. The van der Waals surface area contributed by atoms with Crippen molar-refractivity contribution in [3.05, 3.63) is 101 Å². The minimum atomic E-state index is -0.0417. The molecule has 0 saturated heterocycles. The van der Waals surface area contributed by atoms with Gasteiger partial charge in [0.2, 0.25) is 11.8 Å². The summed E-state index contributed by atoms with van der Waals surface area (Å²) in [6.07, 6.45) is 0.740. The molecule has 0 saturated carbocycles. The predicted molar refractivity (Wildman–Crippen MR) is 126 cm³/mol. The van der Waals surface area contributed by atoms with Crippen LogP contribution in [0.25, 0.3) is 0 Å². The zero-order chi connectivity index (χ0) is 22.2. The maximum atomic E-state index is 12.6. The first-order valence-electron chi connectivity index (χ1n) is 10.8. The van der Waals surface area contributed by atoms with E-state index in [0.717, 1.165) is 22.4 Å². The summed E-state index contributed by atoms with van der Waals surface area (Å²) in [7, 11) is 0. The van der Waals surface area contributed by atoms with E-state index in [1.807, 2.05) is 93.6 Å². The summed E-state index contributed by atoms with van der Waals surface area (Å²) >= 11 is 0. The summed E-state index contributed by atoms with van der Waals surface area (Å²) in [5.41, 5.74) is 5.11. The van der Waals surface area contributed by atoms with Crippen molar-refractivity contribution < 1.29 is 9.59 Å². The van der Waals surface area contributed by atoms with E-state index >= 15 is 0 Å². The Hall–Kier alpha value is -3.40. The lowest BCUT2D eigenvalue weighted by Crippen LogP contribution is -2.30. The van der Waals surface area contributed by atoms with E-state index in [2.05, 4.69) is 11.4 Å². The van der Waals surface area contributed by atoms with Crippen LogP contribution < -0.4 is 10.2 Å². The molecule has 3 aromatic rings. The quantitative estimate of drug-likeness (QED) is 0.540. The highest BCUT2D eigenvalue weighted by Crippen LogP contribution is 2.20. The molecule has 3 aromatic carbocycles. The van der Waals surface area contributed by atoms with E-state index in [4.69, 9.17) is 0 Å². The molecule has 0 heterocycles. The number of amides is 2. The monoisotopic (exact) mass is 414 g/mol. The lowest BCUT2D eigenvalue weighted by atomic mass is 10.1. The van der Waals surface area contributed by atoms with Crippen molar-refractivity contribution in [2.45, 2.75) is 46.2 Å². The van der Waals surface area contributed by atoms with E-state index < -0.39 is 0 Å². The number of rotatable bonds is 8. The van der Waals surface area contributed by atoms with Gasteiger partial charge in [-0.1, -0.05) is 79.2 Å². The molecule has 0 aromatic heterocycles. The molecule has 160 valence electrons. The lowest BCUT2D eigenvalue weighted by Gasteiger charge is -2.23. The van der Waals surface area contributed by atoms with Gasteiger partial charge in [-0.25, -0.2) is 0 Å². The highest BCUT2D eigenvalue weighted by molar-refractivity contribution is 5.93. The van der Waals surface area contributed by atoms with Crippen molar-refractivity contribution in [1.82, 2.24) is 5.32 Å². The van der Waals surface area contributed by atoms with Gasteiger partial charge in [-0.2, -0.15) is 0 Å². The third-order valence-electron chi connectivity index (χ3n) is 5.32. The zero-order valence-electron chi connectivity index (χ0n) is 18.5. The smallest absolute Gasteiger partial charge is 0.227 e. The second kappa shape index (κ2) is 10.6. The van der Waals surface area contributed by atoms with Gasteiger partial charge >= 0.3 is 0 Å². The third kappa shape index (κ3) is 6.29. The Bertz CT molecular complexity index is 1010. The Morgan fingerprint density at radius 1 is 0.903 bits per heavy atom. The van der Waals surface area contributed by atoms with Gasteiger partial charge in [-0.05, 0) is 42.7 Å². The Labute approximate surface area is 184 Å². The fourth-order valence-electron chi connectivity index (χ4n) is 3.60. The lowest BCUT2D eigenvalue weighted by molar-refractivity contribution is -0.121. The Morgan fingerprint density at radius 2 is 1.61 bits per heavy atom. The van der Waals surface area contributed by atoms with E-state index in [-0.39, 0.29) is 17.9 Å². The van der Waals surface area contributed by atoms with Crippen molar-refractivity contribution in [3.8, 4) is 0 Å². The maximum absolute atomic E-state index is 12.6. The van der Waals surface area contributed by atoms with Gasteiger partial charge in [0.15, 0.2) is 0 Å². The number of anilines is 1. The summed E-state index contributed by atoms with van der Waals surface area (Å²) in [4.78, 5) is 26.9. The molecule has 4 heteroatoms. The molecule has 1 atom stereocenters. The molecule has 0 aliphatic carbocycles. The molecule has 4 nitrogen and oxygen atoms in total. The fraction of sp³-hybridized carbons (Fsp3) is 0.259. The molecule has 0 aliphatic heterocycles. The van der Waals surface area contributed by atoms with Crippen molar-refractivity contribution >= 4 is 17.5 Å². The number of benzene rings is 3. The molecule has 3 rings (SSSR count). The highest BCUT2D eigenvalue weighted by Gasteiger charge is 2.15. The molecular weight excluding hydrogens is 384 g/mol. The van der Waals surface area contributed by atoms with Gasteiger partial charge in [-0.3, -0.25) is 9.59 Å². The Balaban J connectivity index is 1.66. The van der Waals surface area contributed by atoms with Crippen LogP contribution in [0.1, 0.15) is 48.6 Å². The SMILES string of the molecule is CCC(=O)N(Cc1cccc(C)c1)c1ccc(CC(=O)N[C@H](C)c2ccccc2)cc1. The van der Waals surface area contributed by atoms with Crippen LogP contribution in [-0.2, 0) is 22.6 Å². The molecule has 0 fully saturated rings. The number of hydrogen-bond acceptors (Lipinski definition) is 2. The van der Waals surface area contributed by atoms with Crippen molar-refractivity contribution in [2.75, 3.05) is 4.90 Å². The standard InChI is InChI=1S/C27H30N2O2/c1-4-27(31)29(19-23-10-8-9-20(2)17-23)25-15-13-22(14-16-25)18-26(30)28-21(3)24-11-6-5-7-12-24/h5-17,21H,4,18-19H2,1-3H3,(H,28,30)/t21-/m1/s1. The molecule has 0 aliphatic rings. The first-order valence-corrected chi connectivity index (χ1v) is 10.8. The summed E-state index contributed by atoms with van der Waals surface area (Å²) in [5.74, 6) is 0.0500. The van der Waals surface area contributed by atoms with Crippen LogP contribution in [0.2, 0.25) is 0 Å². The molecule has 2 amide bonds. The van der Waals surface area contributed by atoms with E-state index in [1.54, 1.807) is 4.90 Å². The molecule has 0 unspecified atom stereocenters. The first kappa shape index (κ1) is 22.3. The Morgan fingerprint density at radius 3 is 2.26 bits per heavy atom. The third-order valence-corrected chi connectivity index (χ3v) is 5.32. The summed E-state index contributed by atoms with van der Waals surface area (Å²) in [6, 6.07) is 25.8. The molecule has 0 bridgehead atoms. The average molecular weight is 415 g/mol. The van der Waals surface area contributed by atoms with E-state index in [9.17, 15) is 9.59 Å². The topological polar surface area (TPSA) is 49.4 Å². The van der Waals surface area contributed by atoms with Crippen molar-refractivity contribution in [3.63, 3.8) is 0 Å². The Kier molecular flexibility index (Phi) is 7.60. The second-order valence-corrected chi connectivity index (χ2v) is 7.87. The molecule has 0 radical (unpaired) electrons. The molecule has 0 spiro atoms. The minimum absolute atomic E-state index is 0.0228. The number of hydrogen-bond donors (Lipinski definition) is 1. The van der Waals surface area contributed by atoms with Gasteiger partial charge in [0.1, 0.15) is 0 Å². The van der Waals surface area contributed by atoms with Gasteiger partial charge in [-0.15, -0.1) is 0 Å². The number of nitrogens with one attached hydrogen (secondary N) is 1. The number of carbonyl (C=O) groups excluding carboxylic acids is 2. The summed E-state index contributed by atoms with van der Waals surface area (Å²) in [5, 5.41) is 3.04. The van der Waals surface area contributed by atoms with Crippen molar-refractivity contribution in [1.29, 1.82) is 0 Å². The highest BCUT2D eigenvalue weighted by atomic mass is 16.2. The second-order valence-electron chi connectivity index (χ2n) is 7.87. The largest absolute Gasteiger partial charge is 0.349 e. The minimum Gasteiger partial charge on any atom is -0.349 e. The molecule has 31 heavy (non-hydrogen) atoms. The number of nitrogens with zero attached hydrogens (tertiary/aromatic N) is 1. The summed E-state index contributed by atoms with van der Waals surface area (Å²) < 4.78 is 0. The molecule has 1 N–H and O–H groups in total. The van der Waals surface area contributed by atoms with Crippen LogP contribution in [0.4, 0.5) is 5.69 Å². The van der Waals surface area contributed by atoms with Gasteiger partial charge in [0.25, 0.3) is 0 Å². The number of carbonyl (C=O) groups is 2. The van der Waals surface area contributed by atoms with Crippen LogP contribution in [0.5, 0.6) is 0 Å². The first-order chi connectivity index (χ1) is 15.0. The maximum Gasteiger partial charge on any atom is 0.227 e.